The van der Waals surface area contributed by atoms with Crippen LogP contribution in [0.4, 0.5) is 0 Å². The van der Waals surface area contributed by atoms with E-state index >= 15 is 0 Å². The SMILES string of the molecule is C=C/C=C(\C=C)C[C@H]1CNCCN1. The average molecular weight is 178 g/mol. The Bertz CT molecular complexity index is 200. The van der Waals surface area contributed by atoms with Crippen LogP contribution >= 0.6 is 0 Å². The summed E-state index contributed by atoms with van der Waals surface area (Å²) in [6, 6.07) is 0.540. The van der Waals surface area contributed by atoms with Crippen molar-refractivity contribution in [3.63, 3.8) is 0 Å². The third kappa shape index (κ3) is 3.57. The Labute approximate surface area is 80.4 Å². The summed E-state index contributed by atoms with van der Waals surface area (Å²) in [4.78, 5) is 0. The van der Waals surface area contributed by atoms with E-state index in [2.05, 4.69) is 23.8 Å². The van der Waals surface area contributed by atoms with Crippen molar-refractivity contribution in [2.24, 2.45) is 0 Å². The van der Waals surface area contributed by atoms with Gasteiger partial charge in [0.25, 0.3) is 0 Å². The number of hydrogen-bond acceptors (Lipinski definition) is 2. The zero-order chi connectivity index (χ0) is 9.52. The van der Waals surface area contributed by atoms with Crippen molar-refractivity contribution in [1.29, 1.82) is 0 Å². The molecule has 0 unspecified atom stereocenters. The Kier molecular flexibility index (Phi) is 4.50. The van der Waals surface area contributed by atoms with Gasteiger partial charge in [-0.25, -0.2) is 0 Å². The number of nitrogens with one attached hydrogen (secondary N) is 2. The van der Waals surface area contributed by atoms with Crippen LogP contribution in [0.2, 0.25) is 0 Å². The molecule has 72 valence electrons. The van der Waals surface area contributed by atoms with Gasteiger partial charge in [-0.3, -0.25) is 0 Å². The van der Waals surface area contributed by atoms with Gasteiger partial charge in [-0.1, -0.05) is 31.4 Å². The standard InChI is InChI=1S/C11H18N2/c1-3-5-10(4-2)8-11-9-12-6-7-13-11/h3-5,11-13H,1-2,6-9H2/b10-5+/t11-/m0/s1. The molecule has 0 bridgehead atoms. The summed E-state index contributed by atoms with van der Waals surface area (Å²) < 4.78 is 0. The molecule has 1 aliphatic rings. The Morgan fingerprint density at radius 2 is 2.23 bits per heavy atom. The van der Waals surface area contributed by atoms with Gasteiger partial charge in [-0.2, -0.15) is 0 Å². The predicted molar refractivity (Wildman–Crippen MR) is 57.8 cm³/mol. The second kappa shape index (κ2) is 5.73. The molecular weight excluding hydrogens is 160 g/mol. The molecule has 0 aliphatic carbocycles. The van der Waals surface area contributed by atoms with Crippen molar-refractivity contribution in [2.75, 3.05) is 19.6 Å². The van der Waals surface area contributed by atoms with Crippen LogP contribution in [0.3, 0.4) is 0 Å². The molecule has 0 aromatic rings. The largest absolute Gasteiger partial charge is 0.314 e. The first-order valence-electron chi connectivity index (χ1n) is 4.75. The topological polar surface area (TPSA) is 24.1 Å². The smallest absolute Gasteiger partial charge is 0.0233 e. The van der Waals surface area contributed by atoms with Crippen molar-refractivity contribution in [3.05, 3.63) is 37.0 Å². The Hall–Kier alpha value is -0.860. The monoisotopic (exact) mass is 178 g/mol. The predicted octanol–water partition coefficient (Wildman–Crippen LogP) is 1.24. The van der Waals surface area contributed by atoms with Crippen LogP contribution in [0.15, 0.2) is 37.0 Å². The zero-order valence-electron chi connectivity index (χ0n) is 8.05. The van der Waals surface area contributed by atoms with E-state index in [1.54, 1.807) is 0 Å². The molecule has 0 aromatic heterocycles. The van der Waals surface area contributed by atoms with Gasteiger partial charge < -0.3 is 10.6 Å². The van der Waals surface area contributed by atoms with E-state index in [1.807, 2.05) is 18.2 Å². The Morgan fingerprint density at radius 1 is 1.38 bits per heavy atom. The number of allylic oxidation sites excluding steroid dienone is 3. The molecule has 13 heavy (non-hydrogen) atoms. The number of piperazine rings is 1. The molecule has 1 aliphatic heterocycles. The molecule has 1 saturated heterocycles. The fraction of sp³-hybridized carbons (Fsp3) is 0.455. The summed E-state index contributed by atoms with van der Waals surface area (Å²) in [5.41, 5.74) is 1.25. The molecule has 1 atom stereocenters. The first kappa shape index (κ1) is 10.2. The number of rotatable bonds is 4. The normalized spacial score (nSPS) is 24.0. The maximum atomic E-state index is 3.78. The molecule has 0 spiro atoms. The summed E-state index contributed by atoms with van der Waals surface area (Å²) >= 11 is 0. The maximum absolute atomic E-state index is 3.78. The van der Waals surface area contributed by atoms with Crippen molar-refractivity contribution in [3.8, 4) is 0 Å². The molecule has 2 heteroatoms. The summed E-state index contributed by atoms with van der Waals surface area (Å²) in [5, 5.41) is 6.81. The Balaban J connectivity index is 2.40. The van der Waals surface area contributed by atoms with E-state index in [1.165, 1.54) is 5.57 Å². The summed E-state index contributed by atoms with van der Waals surface area (Å²) in [5.74, 6) is 0. The van der Waals surface area contributed by atoms with Gasteiger partial charge in [0.15, 0.2) is 0 Å². The summed E-state index contributed by atoms with van der Waals surface area (Å²) in [6.45, 7) is 10.6. The average Bonchev–Trinajstić information content (AvgIpc) is 2.19. The molecule has 2 nitrogen and oxygen atoms in total. The van der Waals surface area contributed by atoms with Crippen LogP contribution in [0, 0.1) is 0 Å². The second-order valence-corrected chi connectivity index (χ2v) is 3.24. The van der Waals surface area contributed by atoms with E-state index in [4.69, 9.17) is 0 Å². The summed E-state index contributed by atoms with van der Waals surface area (Å²) in [6.07, 6.45) is 6.76. The van der Waals surface area contributed by atoms with Crippen LogP contribution in [0.25, 0.3) is 0 Å². The first-order chi connectivity index (χ1) is 6.36. The molecular formula is C11H18N2. The van der Waals surface area contributed by atoms with Gasteiger partial charge in [-0.05, 0) is 12.0 Å². The molecule has 0 saturated carbocycles. The zero-order valence-corrected chi connectivity index (χ0v) is 8.05. The van der Waals surface area contributed by atoms with Gasteiger partial charge in [0, 0.05) is 25.7 Å². The molecule has 2 N–H and O–H groups in total. The van der Waals surface area contributed by atoms with E-state index in [9.17, 15) is 0 Å². The van der Waals surface area contributed by atoms with Crippen molar-refractivity contribution in [2.45, 2.75) is 12.5 Å². The van der Waals surface area contributed by atoms with Crippen LogP contribution < -0.4 is 10.6 Å². The van der Waals surface area contributed by atoms with E-state index in [0.717, 1.165) is 26.1 Å². The van der Waals surface area contributed by atoms with Gasteiger partial charge in [0.05, 0.1) is 0 Å². The van der Waals surface area contributed by atoms with E-state index in [-0.39, 0.29) is 0 Å². The molecule has 1 rings (SSSR count). The lowest BCUT2D eigenvalue weighted by Crippen LogP contribution is -2.48. The van der Waals surface area contributed by atoms with Crippen LogP contribution in [-0.2, 0) is 0 Å². The van der Waals surface area contributed by atoms with E-state index in [0.29, 0.717) is 6.04 Å². The molecule has 1 heterocycles. The minimum absolute atomic E-state index is 0.540. The van der Waals surface area contributed by atoms with Gasteiger partial charge in [-0.15, -0.1) is 0 Å². The highest BCUT2D eigenvalue weighted by Gasteiger charge is 2.11. The van der Waals surface area contributed by atoms with Crippen LogP contribution in [0.1, 0.15) is 6.42 Å². The third-order valence-electron chi connectivity index (χ3n) is 2.20. The number of hydrogen-bond donors (Lipinski definition) is 2. The maximum Gasteiger partial charge on any atom is 0.0233 e. The Morgan fingerprint density at radius 3 is 2.77 bits per heavy atom. The molecule has 0 amide bonds. The molecule has 0 radical (unpaired) electrons. The van der Waals surface area contributed by atoms with Gasteiger partial charge in [0.1, 0.15) is 0 Å². The highest BCUT2D eigenvalue weighted by molar-refractivity contribution is 5.22. The fourth-order valence-corrected chi connectivity index (χ4v) is 1.51. The van der Waals surface area contributed by atoms with Crippen molar-refractivity contribution in [1.82, 2.24) is 10.6 Å². The lowest BCUT2D eigenvalue weighted by Gasteiger charge is -2.24. The lowest BCUT2D eigenvalue weighted by atomic mass is 10.0. The highest BCUT2D eigenvalue weighted by Crippen LogP contribution is 2.07. The second-order valence-electron chi connectivity index (χ2n) is 3.24. The first-order valence-corrected chi connectivity index (χ1v) is 4.75. The molecule has 1 fully saturated rings. The minimum atomic E-state index is 0.540. The fourth-order valence-electron chi connectivity index (χ4n) is 1.51. The summed E-state index contributed by atoms with van der Waals surface area (Å²) in [7, 11) is 0. The van der Waals surface area contributed by atoms with Crippen LogP contribution in [-0.4, -0.2) is 25.7 Å². The van der Waals surface area contributed by atoms with Crippen LogP contribution in [0.5, 0.6) is 0 Å². The lowest BCUT2D eigenvalue weighted by molar-refractivity contribution is 0.417. The quantitative estimate of drug-likeness (QED) is 0.633. The minimum Gasteiger partial charge on any atom is -0.314 e. The van der Waals surface area contributed by atoms with Crippen molar-refractivity contribution < 1.29 is 0 Å². The van der Waals surface area contributed by atoms with Gasteiger partial charge in [0.2, 0.25) is 0 Å². The van der Waals surface area contributed by atoms with E-state index < -0.39 is 0 Å². The highest BCUT2D eigenvalue weighted by atomic mass is 15.0. The van der Waals surface area contributed by atoms with Gasteiger partial charge >= 0.3 is 0 Å². The third-order valence-corrected chi connectivity index (χ3v) is 2.20. The van der Waals surface area contributed by atoms with Crippen molar-refractivity contribution >= 4 is 0 Å². The molecule has 0 aromatic carbocycles.